The van der Waals surface area contributed by atoms with E-state index >= 15 is 0 Å². The number of rotatable bonds is 5. The van der Waals surface area contributed by atoms with E-state index in [-0.39, 0.29) is 23.3 Å². The Bertz CT molecular complexity index is 1520. The molecule has 0 radical (unpaired) electrons. The van der Waals surface area contributed by atoms with Crippen molar-refractivity contribution in [1.82, 2.24) is 14.3 Å². The summed E-state index contributed by atoms with van der Waals surface area (Å²) in [5, 5.41) is 10.2. The Kier molecular flexibility index (Phi) is 4.92. The standard InChI is InChI=1S/C25H21N3O7S/c1-10-16(15-8-27-9-26-18(12(3)30)22(27)36-15)20(28-19(10)17(11(2)29)21(28)31)24(33)35-25-14-7-5-4-6-13(14)23(32)34-25/h4-11,17,19,25,29H,1-3H3/t10-,11+,17+,19+,25?/m0/s1. The maximum absolute atomic E-state index is 13.6. The van der Waals surface area contributed by atoms with Gasteiger partial charge in [0.25, 0.3) is 6.29 Å². The largest absolute Gasteiger partial charge is 0.417 e. The Morgan fingerprint density at radius 3 is 2.72 bits per heavy atom. The number of hydrogen-bond acceptors (Lipinski definition) is 9. The van der Waals surface area contributed by atoms with Gasteiger partial charge in [-0.3, -0.25) is 14.0 Å². The number of aliphatic hydroxyl groups is 1. The number of aromatic nitrogens is 2. The third kappa shape index (κ3) is 3.02. The molecule has 1 aromatic carbocycles. The Hall–Kier alpha value is -3.83. The molecule has 1 fully saturated rings. The molecule has 1 N–H and O–H groups in total. The fourth-order valence-electron chi connectivity index (χ4n) is 5.40. The zero-order valence-electron chi connectivity index (χ0n) is 19.5. The highest BCUT2D eigenvalue weighted by atomic mass is 32.1. The number of amides is 1. The molecule has 6 rings (SSSR count). The van der Waals surface area contributed by atoms with Gasteiger partial charge in [0.15, 0.2) is 5.78 Å². The van der Waals surface area contributed by atoms with Crippen LogP contribution in [0.4, 0.5) is 0 Å². The molecule has 3 aromatic rings. The average Bonchev–Trinajstić information content (AvgIpc) is 3.54. The van der Waals surface area contributed by atoms with E-state index in [2.05, 4.69) is 4.98 Å². The number of thiazole rings is 1. The summed E-state index contributed by atoms with van der Waals surface area (Å²) in [4.78, 5) is 57.7. The second-order valence-corrected chi connectivity index (χ2v) is 10.2. The number of cyclic esters (lactones) is 1. The number of β-lactam (4-membered cyclic amide) rings is 1. The first kappa shape index (κ1) is 22.6. The van der Waals surface area contributed by atoms with Crippen LogP contribution in [0, 0.1) is 11.8 Å². The van der Waals surface area contributed by atoms with Gasteiger partial charge in [0.1, 0.15) is 22.5 Å². The molecule has 1 unspecified atom stereocenters. The summed E-state index contributed by atoms with van der Waals surface area (Å²) in [7, 11) is 0. The minimum atomic E-state index is -1.24. The molecule has 1 amide bonds. The lowest BCUT2D eigenvalue weighted by atomic mass is 9.77. The summed E-state index contributed by atoms with van der Waals surface area (Å²) in [6, 6.07) is 6.20. The van der Waals surface area contributed by atoms with Crippen molar-refractivity contribution in [3.8, 4) is 0 Å². The number of esters is 2. The van der Waals surface area contributed by atoms with Gasteiger partial charge >= 0.3 is 11.9 Å². The number of hydrogen-bond donors (Lipinski definition) is 1. The number of aliphatic hydroxyl groups excluding tert-OH is 1. The molecule has 0 saturated carbocycles. The molecule has 36 heavy (non-hydrogen) atoms. The van der Waals surface area contributed by atoms with Crippen molar-refractivity contribution >= 4 is 45.4 Å². The van der Waals surface area contributed by atoms with Crippen molar-refractivity contribution in [3.63, 3.8) is 0 Å². The molecule has 5 heterocycles. The maximum atomic E-state index is 13.6. The minimum absolute atomic E-state index is 0.0525. The zero-order chi connectivity index (χ0) is 25.5. The van der Waals surface area contributed by atoms with Crippen molar-refractivity contribution in [3.05, 3.63) is 64.2 Å². The Morgan fingerprint density at radius 1 is 1.25 bits per heavy atom. The van der Waals surface area contributed by atoms with Crippen LogP contribution in [0.1, 0.15) is 58.3 Å². The summed E-state index contributed by atoms with van der Waals surface area (Å²) in [5.41, 5.74) is 1.69. The van der Waals surface area contributed by atoms with Crippen molar-refractivity contribution in [1.29, 1.82) is 0 Å². The molecule has 10 nitrogen and oxygen atoms in total. The van der Waals surface area contributed by atoms with E-state index in [9.17, 15) is 24.3 Å². The van der Waals surface area contributed by atoms with E-state index in [1.807, 2.05) is 6.92 Å². The summed E-state index contributed by atoms with van der Waals surface area (Å²) in [6.45, 7) is 4.87. The lowest BCUT2D eigenvalue weighted by Crippen LogP contribution is -2.63. The maximum Gasteiger partial charge on any atom is 0.358 e. The molecule has 0 bridgehead atoms. The van der Waals surface area contributed by atoms with Crippen LogP contribution in [0.5, 0.6) is 0 Å². The van der Waals surface area contributed by atoms with Gasteiger partial charge in [0, 0.05) is 30.2 Å². The molecular weight excluding hydrogens is 486 g/mol. The number of imidazole rings is 1. The second-order valence-electron chi connectivity index (χ2n) is 9.20. The smallest absolute Gasteiger partial charge is 0.358 e. The number of carbonyl (C=O) groups excluding carboxylic acids is 4. The SMILES string of the molecule is CC(=O)c1ncn2cc(C3=C(C(=O)OC4OC(=O)c5ccccc54)N4C(=O)[C@H]([C@@H](C)O)[C@H]4[C@H]3C)sc12. The monoisotopic (exact) mass is 507 g/mol. The number of carbonyl (C=O) groups is 4. The van der Waals surface area contributed by atoms with Crippen LogP contribution in [0.3, 0.4) is 0 Å². The van der Waals surface area contributed by atoms with Gasteiger partial charge in [-0.1, -0.05) is 25.1 Å². The van der Waals surface area contributed by atoms with E-state index in [0.29, 0.717) is 32.1 Å². The first-order valence-electron chi connectivity index (χ1n) is 11.4. The molecule has 2 aromatic heterocycles. The van der Waals surface area contributed by atoms with E-state index in [1.54, 1.807) is 41.8 Å². The quantitative estimate of drug-likeness (QED) is 0.317. The average molecular weight is 508 g/mol. The highest BCUT2D eigenvalue weighted by Gasteiger charge is 2.60. The molecule has 0 spiro atoms. The third-order valence-corrected chi connectivity index (χ3v) is 8.18. The van der Waals surface area contributed by atoms with Gasteiger partial charge in [-0.15, -0.1) is 11.3 Å². The third-order valence-electron chi connectivity index (χ3n) is 7.04. The van der Waals surface area contributed by atoms with Crippen LogP contribution in [-0.2, 0) is 19.1 Å². The first-order chi connectivity index (χ1) is 17.2. The Balaban J connectivity index is 1.44. The first-order valence-corrected chi connectivity index (χ1v) is 12.2. The molecule has 11 heteroatoms. The van der Waals surface area contributed by atoms with Crippen LogP contribution in [0.2, 0.25) is 0 Å². The molecular formula is C25H21N3O7S. The second kappa shape index (κ2) is 7.84. The van der Waals surface area contributed by atoms with Crippen LogP contribution in [0.15, 0.2) is 42.5 Å². The van der Waals surface area contributed by atoms with Gasteiger partial charge in [-0.05, 0) is 13.0 Å². The highest BCUT2D eigenvalue weighted by Crippen LogP contribution is 2.52. The summed E-state index contributed by atoms with van der Waals surface area (Å²) < 4.78 is 12.6. The minimum Gasteiger partial charge on any atom is -0.417 e. The summed E-state index contributed by atoms with van der Waals surface area (Å²) in [6.07, 6.45) is 1.16. The number of fused-ring (bicyclic) bond motifs is 3. The lowest BCUT2D eigenvalue weighted by Gasteiger charge is -2.46. The van der Waals surface area contributed by atoms with Gasteiger partial charge in [0.05, 0.1) is 28.5 Å². The van der Waals surface area contributed by atoms with Gasteiger partial charge < -0.3 is 19.5 Å². The van der Waals surface area contributed by atoms with E-state index < -0.39 is 36.3 Å². The summed E-state index contributed by atoms with van der Waals surface area (Å²) >= 11 is 1.28. The number of benzene rings is 1. The topological polar surface area (TPSA) is 128 Å². The predicted octanol–water partition coefficient (Wildman–Crippen LogP) is 2.58. The molecule has 3 aliphatic rings. The van der Waals surface area contributed by atoms with Crippen LogP contribution < -0.4 is 0 Å². The van der Waals surface area contributed by atoms with Gasteiger partial charge in [0.2, 0.25) is 5.91 Å². The van der Waals surface area contributed by atoms with E-state index in [1.165, 1.54) is 29.5 Å². The zero-order valence-corrected chi connectivity index (χ0v) is 20.3. The normalized spacial score (nSPS) is 25.5. The highest BCUT2D eigenvalue weighted by molar-refractivity contribution is 7.18. The molecule has 5 atom stereocenters. The Labute approximate surface area is 208 Å². The van der Waals surface area contributed by atoms with Crippen molar-refractivity contribution in [2.24, 2.45) is 11.8 Å². The van der Waals surface area contributed by atoms with Crippen molar-refractivity contribution in [2.75, 3.05) is 0 Å². The number of nitrogens with zero attached hydrogens (tertiary/aromatic N) is 3. The van der Waals surface area contributed by atoms with E-state index in [0.717, 1.165) is 0 Å². The molecule has 1 saturated heterocycles. The van der Waals surface area contributed by atoms with E-state index in [4.69, 9.17) is 9.47 Å². The van der Waals surface area contributed by atoms with Crippen LogP contribution in [0.25, 0.3) is 10.4 Å². The van der Waals surface area contributed by atoms with Crippen LogP contribution in [-0.4, -0.2) is 55.2 Å². The fraction of sp³-hybridized carbons (Fsp3) is 0.320. The van der Waals surface area contributed by atoms with Crippen molar-refractivity contribution in [2.45, 2.75) is 39.2 Å². The molecule has 3 aliphatic heterocycles. The van der Waals surface area contributed by atoms with Crippen LogP contribution >= 0.6 is 11.3 Å². The van der Waals surface area contributed by atoms with Crippen molar-refractivity contribution < 1.29 is 33.8 Å². The Morgan fingerprint density at radius 2 is 2.00 bits per heavy atom. The fourth-order valence-corrected chi connectivity index (χ4v) is 6.67. The number of ketones is 1. The molecule has 184 valence electrons. The predicted molar refractivity (Wildman–Crippen MR) is 126 cm³/mol. The molecule has 0 aliphatic carbocycles. The van der Waals surface area contributed by atoms with Gasteiger partial charge in [-0.25, -0.2) is 14.6 Å². The lowest BCUT2D eigenvalue weighted by molar-refractivity contribution is -0.173. The number of Topliss-reactive ketones (excluding diaryl/α,β-unsaturated/α-hetero) is 1. The number of ether oxygens (including phenoxy) is 2. The van der Waals surface area contributed by atoms with Gasteiger partial charge in [-0.2, -0.15) is 0 Å². The summed E-state index contributed by atoms with van der Waals surface area (Å²) in [5.74, 6) is -2.93.